The van der Waals surface area contributed by atoms with Crippen LogP contribution in [0.25, 0.3) is 11.0 Å². The fraction of sp³-hybridized carbons (Fsp3) is 0.684. The first-order chi connectivity index (χ1) is 11.5. The number of fused-ring (bicyclic) bond motifs is 2. The molecule has 1 saturated heterocycles. The predicted molar refractivity (Wildman–Crippen MR) is 94.7 cm³/mol. The van der Waals surface area contributed by atoms with E-state index in [9.17, 15) is 5.11 Å². The Morgan fingerprint density at radius 1 is 1.29 bits per heavy atom. The molecule has 0 spiro atoms. The first-order valence-electron chi connectivity index (χ1n) is 9.32. The zero-order valence-electron chi connectivity index (χ0n) is 14.8. The molecular weight excluding hydrogens is 300 g/mol. The van der Waals surface area contributed by atoms with Crippen molar-refractivity contribution in [3.05, 3.63) is 24.0 Å². The third kappa shape index (κ3) is 2.84. The second-order valence-corrected chi connectivity index (χ2v) is 7.97. The summed E-state index contributed by atoms with van der Waals surface area (Å²) in [6, 6.07) is 2.54. The van der Waals surface area contributed by atoms with E-state index in [1.54, 1.807) is 0 Å². The lowest BCUT2D eigenvalue weighted by Gasteiger charge is -2.47. The van der Waals surface area contributed by atoms with Gasteiger partial charge in [-0.05, 0) is 44.7 Å². The number of hydrogen-bond acceptors (Lipinski definition) is 4. The van der Waals surface area contributed by atoms with E-state index in [4.69, 9.17) is 0 Å². The molecule has 2 aromatic heterocycles. The van der Waals surface area contributed by atoms with E-state index in [-0.39, 0.29) is 0 Å². The highest BCUT2D eigenvalue weighted by Crippen LogP contribution is 2.40. The average molecular weight is 328 g/mol. The maximum atomic E-state index is 10.8. The lowest BCUT2D eigenvalue weighted by molar-refractivity contribution is -0.0967. The molecule has 1 saturated carbocycles. The molecule has 5 nitrogen and oxygen atoms in total. The largest absolute Gasteiger partial charge is 0.390 e. The minimum atomic E-state index is -0.393. The van der Waals surface area contributed by atoms with Gasteiger partial charge in [0.05, 0.1) is 11.8 Å². The number of aliphatic hydroxyl groups is 1. The number of nitrogens with zero attached hydrogens (tertiary/aromatic N) is 4. The van der Waals surface area contributed by atoms with Crippen molar-refractivity contribution in [1.29, 1.82) is 0 Å². The molecule has 5 heteroatoms. The van der Waals surface area contributed by atoms with E-state index in [2.05, 4.69) is 34.9 Å². The summed E-state index contributed by atoms with van der Waals surface area (Å²) in [5, 5.41) is 16.4. The molecule has 2 aromatic rings. The molecular formula is C19H28N4O. The molecule has 1 N–H and O–H groups in total. The van der Waals surface area contributed by atoms with Crippen LogP contribution in [0.5, 0.6) is 0 Å². The molecule has 0 bridgehead atoms. The van der Waals surface area contributed by atoms with E-state index < -0.39 is 5.60 Å². The third-order valence-electron chi connectivity index (χ3n) is 5.90. The van der Waals surface area contributed by atoms with Gasteiger partial charge in [0.1, 0.15) is 0 Å². The Bertz CT molecular complexity index is 725. The monoisotopic (exact) mass is 328 g/mol. The van der Waals surface area contributed by atoms with Crippen molar-refractivity contribution in [2.24, 2.45) is 5.92 Å². The van der Waals surface area contributed by atoms with Crippen LogP contribution in [-0.4, -0.2) is 43.5 Å². The number of likely N-dealkylation sites (tertiary alicyclic amines) is 1. The molecule has 4 rings (SSSR count). The van der Waals surface area contributed by atoms with Gasteiger partial charge in [-0.2, -0.15) is 5.10 Å². The average Bonchev–Trinajstić information content (AvgIpc) is 2.98. The van der Waals surface area contributed by atoms with Gasteiger partial charge in [-0.3, -0.25) is 4.90 Å². The molecule has 130 valence electrons. The molecule has 2 aliphatic rings. The summed E-state index contributed by atoms with van der Waals surface area (Å²) in [5.74, 6) is 0.445. The molecule has 1 aliphatic carbocycles. The van der Waals surface area contributed by atoms with Crippen molar-refractivity contribution in [3.8, 4) is 0 Å². The Labute approximate surface area is 143 Å². The van der Waals surface area contributed by atoms with E-state index in [1.165, 1.54) is 24.8 Å². The van der Waals surface area contributed by atoms with Crippen molar-refractivity contribution >= 4 is 11.0 Å². The second-order valence-electron chi connectivity index (χ2n) is 7.97. The van der Waals surface area contributed by atoms with Gasteiger partial charge in [0, 0.05) is 43.2 Å². The van der Waals surface area contributed by atoms with Crippen molar-refractivity contribution in [2.75, 3.05) is 13.1 Å². The minimum absolute atomic E-state index is 0.326. The zero-order valence-corrected chi connectivity index (χ0v) is 14.8. The topological polar surface area (TPSA) is 54.2 Å². The van der Waals surface area contributed by atoms with Gasteiger partial charge in [-0.15, -0.1) is 0 Å². The highest BCUT2D eigenvalue weighted by atomic mass is 16.3. The number of piperidine rings is 1. The Hall–Kier alpha value is -1.46. The van der Waals surface area contributed by atoms with Crippen LogP contribution >= 0.6 is 0 Å². The van der Waals surface area contributed by atoms with Gasteiger partial charge < -0.3 is 5.11 Å². The van der Waals surface area contributed by atoms with Gasteiger partial charge in [0.15, 0.2) is 5.65 Å². The number of aromatic nitrogens is 3. The molecule has 0 aromatic carbocycles. The summed E-state index contributed by atoms with van der Waals surface area (Å²) in [6.45, 7) is 7.17. The molecule has 2 unspecified atom stereocenters. The number of rotatable bonds is 3. The zero-order chi connectivity index (χ0) is 16.7. The minimum Gasteiger partial charge on any atom is -0.390 e. The lowest BCUT2D eigenvalue weighted by Crippen LogP contribution is -2.52. The molecule has 0 radical (unpaired) electrons. The third-order valence-corrected chi connectivity index (χ3v) is 5.90. The molecule has 24 heavy (non-hydrogen) atoms. The fourth-order valence-corrected chi connectivity index (χ4v) is 4.49. The Morgan fingerprint density at radius 3 is 3.00 bits per heavy atom. The van der Waals surface area contributed by atoms with Gasteiger partial charge >= 0.3 is 0 Å². The van der Waals surface area contributed by atoms with Crippen LogP contribution in [0, 0.1) is 5.92 Å². The Morgan fingerprint density at radius 2 is 2.17 bits per heavy atom. The van der Waals surface area contributed by atoms with Crippen LogP contribution < -0.4 is 0 Å². The Balaban J connectivity index is 1.48. The maximum absolute atomic E-state index is 10.8. The van der Waals surface area contributed by atoms with E-state index in [0.717, 1.165) is 43.5 Å². The Kier molecular flexibility index (Phi) is 4.09. The van der Waals surface area contributed by atoms with Gasteiger partial charge in [0.25, 0.3) is 0 Å². The van der Waals surface area contributed by atoms with Crippen LogP contribution in [0.2, 0.25) is 0 Å². The van der Waals surface area contributed by atoms with Gasteiger partial charge in [-0.1, -0.05) is 12.8 Å². The van der Waals surface area contributed by atoms with Gasteiger partial charge in [0.2, 0.25) is 0 Å². The SMILES string of the molecule is CC(C)n1ncc2cc(CN3CCC4(O)CCCCC4C3)cnc21. The fourth-order valence-electron chi connectivity index (χ4n) is 4.49. The quantitative estimate of drug-likeness (QED) is 0.940. The highest BCUT2D eigenvalue weighted by Gasteiger charge is 2.42. The summed E-state index contributed by atoms with van der Waals surface area (Å²) < 4.78 is 1.97. The van der Waals surface area contributed by atoms with E-state index >= 15 is 0 Å². The number of hydrogen-bond donors (Lipinski definition) is 1. The van der Waals surface area contributed by atoms with Crippen LogP contribution in [0.1, 0.15) is 57.6 Å². The van der Waals surface area contributed by atoms with Crippen LogP contribution in [0.15, 0.2) is 18.5 Å². The van der Waals surface area contributed by atoms with Gasteiger partial charge in [-0.25, -0.2) is 9.67 Å². The summed E-state index contributed by atoms with van der Waals surface area (Å²) in [4.78, 5) is 7.13. The van der Waals surface area contributed by atoms with E-state index in [1.807, 2.05) is 17.1 Å². The first kappa shape index (κ1) is 16.0. The normalized spacial score (nSPS) is 28.4. The maximum Gasteiger partial charge on any atom is 0.157 e. The summed E-state index contributed by atoms with van der Waals surface area (Å²) in [7, 11) is 0. The highest BCUT2D eigenvalue weighted by molar-refractivity contribution is 5.75. The van der Waals surface area contributed by atoms with Crippen LogP contribution in [0.3, 0.4) is 0 Å². The molecule has 0 amide bonds. The summed E-state index contributed by atoms with van der Waals surface area (Å²) in [5.41, 5.74) is 1.82. The van der Waals surface area contributed by atoms with Crippen LogP contribution in [-0.2, 0) is 6.54 Å². The molecule has 2 atom stereocenters. The van der Waals surface area contributed by atoms with Crippen molar-refractivity contribution in [1.82, 2.24) is 19.7 Å². The van der Waals surface area contributed by atoms with Crippen LogP contribution in [0.4, 0.5) is 0 Å². The predicted octanol–water partition coefficient (Wildman–Crippen LogP) is 3.14. The summed E-state index contributed by atoms with van der Waals surface area (Å²) >= 11 is 0. The molecule has 3 heterocycles. The standard InChI is InChI=1S/C19H28N4O/c1-14(2)23-18-16(11-21-23)9-15(10-20-18)12-22-8-7-19(24)6-4-3-5-17(19)13-22/h9-11,14,17,24H,3-8,12-13H2,1-2H3. The first-order valence-corrected chi connectivity index (χ1v) is 9.32. The summed E-state index contributed by atoms with van der Waals surface area (Å²) in [6.07, 6.45) is 9.44. The molecule has 1 aliphatic heterocycles. The van der Waals surface area contributed by atoms with Crippen molar-refractivity contribution in [2.45, 2.75) is 64.1 Å². The lowest BCUT2D eigenvalue weighted by atomic mass is 9.71. The number of pyridine rings is 1. The molecule has 2 fully saturated rings. The van der Waals surface area contributed by atoms with Crippen molar-refractivity contribution < 1.29 is 5.11 Å². The van der Waals surface area contributed by atoms with Crippen molar-refractivity contribution in [3.63, 3.8) is 0 Å². The smallest absolute Gasteiger partial charge is 0.157 e. The van der Waals surface area contributed by atoms with E-state index in [0.29, 0.717) is 12.0 Å². The second kappa shape index (κ2) is 6.12.